The van der Waals surface area contributed by atoms with Gasteiger partial charge < -0.3 is 10.1 Å². The fourth-order valence-electron chi connectivity index (χ4n) is 2.73. The van der Waals surface area contributed by atoms with Crippen LogP contribution in [0.3, 0.4) is 0 Å². The van der Waals surface area contributed by atoms with Crippen LogP contribution in [-0.2, 0) is 19.6 Å². The van der Waals surface area contributed by atoms with Crippen LogP contribution in [0.2, 0.25) is 10.0 Å². The number of para-hydroxylation sites is 1. The molecule has 0 bridgehead atoms. The van der Waals surface area contributed by atoms with Gasteiger partial charge >= 0.3 is 0 Å². The van der Waals surface area contributed by atoms with E-state index in [2.05, 4.69) is 5.32 Å². The quantitative estimate of drug-likeness (QED) is 0.406. The lowest BCUT2D eigenvalue weighted by atomic mass is 10.1. The summed E-state index contributed by atoms with van der Waals surface area (Å²) in [4.78, 5) is 0. The van der Waals surface area contributed by atoms with Gasteiger partial charge in [-0.3, -0.25) is 0 Å². The van der Waals surface area contributed by atoms with E-state index in [-0.39, 0.29) is 24.8 Å². The third-order valence-corrected chi connectivity index (χ3v) is 4.80. The maximum atomic E-state index is 13.7. The van der Waals surface area contributed by atoms with Crippen molar-refractivity contribution in [2.45, 2.75) is 19.6 Å². The Bertz CT molecular complexity index is 904. The summed E-state index contributed by atoms with van der Waals surface area (Å²) in [6.45, 7) is 1.62. The minimum atomic E-state index is -0.257. The molecule has 0 saturated heterocycles. The molecule has 0 unspecified atom stereocenters. The second-order valence-corrected chi connectivity index (χ2v) is 6.99. The molecular formula is C22H21Cl3FNO. The maximum Gasteiger partial charge on any atom is 0.129 e. The van der Waals surface area contributed by atoms with Gasteiger partial charge in [0.1, 0.15) is 18.2 Å². The molecule has 0 aliphatic heterocycles. The zero-order chi connectivity index (χ0) is 19.1. The lowest BCUT2D eigenvalue weighted by Gasteiger charge is -2.13. The van der Waals surface area contributed by atoms with Gasteiger partial charge in [0, 0.05) is 27.7 Å². The minimum absolute atomic E-state index is 0. The predicted molar refractivity (Wildman–Crippen MR) is 116 cm³/mol. The smallest absolute Gasteiger partial charge is 0.129 e. The second kappa shape index (κ2) is 11.3. The Labute approximate surface area is 181 Å². The van der Waals surface area contributed by atoms with Crippen molar-refractivity contribution in [1.29, 1.82) is 0 Å². The van der Waals surface area contributed by atoms with E-state index in [1.165, 1.54) is 6.07 Å². The molecule has 3 rings (SSSR count). The highest BCUT2D eigenvalue weighted by molar-refractivity contribution is 6.35. The van der Waals surface area contributed by atoms with Crippen molar-refractivity contribution in [2.24, 2.45) is 0 Å². The van der Waals surface area contributed by atoms with Crippen LogP contribution in [0, 0.1) is 5.82 Å². The summed E-state index contributed by atoms with van der Waals surface area (Å²) in [5.74, 6) is 0.491. The highest BCUT2D eigenvalue weighted by atomic mass is 35.5. The summed E-state index contributed by atoms with van der Waals surface area (Å²) in [6, 6.07) is 19.9. The molecular weight excluding hydrogens is 420 g/mol. The topological polar surface area (TPSA) is 21.3 Å². The van der Waals surface area contributed by atoms with Gasteiger partial charge in [0.2, 0.25) is 0 Å². The average molecular weight is 441 g/mol. The normalized spacial score (nSPS) is 10.4. The molecule has 0 amide bonds. The van der Waals surface area contributed by atoms with E-state index >= 15 is 0 Å². The van der Waals surface area contributed by atoms with Gasteiger partial charge in [0.25, 0.3) is 0 Å². The SMILES string of the molecule is Cl.Fc1ccccc1COc1ccccc1CNCCc1ccc(Cl)cc1Cl. The lowest BCUT2D eigenvalue weighted by molar-refractivity contribution is 0.296. The van der Waals surface area contributed by atoms with Gasteiger partial charge in [0.05, 0.1) is 0 Å². The minimum Gasteiger partial charge on any atom is -0.488 e. The summed E-state index contributed by atoms with van der Waals surface area (Å²) in [6.07, 6.45) is 0.800. The van der Waals surface area contributed by atoms with Crippen molar-refractivity contribution in [2.75, 3.05) is 6.54 Å². The van der Waals surface area contributed by atoms with Crippen molar-refractivity contribution < 1.29 is 9.13 Å². The molecule has 3 aromatic rings. The Hall–Kier alpha value is -1.78. The first-order chi connectivity index (χ1) is 13.1. The standard InChI is InChI=1S/C22H20Cl2FNO.ClH/c23-19-10-9-16(20(24)13-19)11-12-26-14-17-5-2-4-8-22(17)27-15-18-6-1-3-7-21(18)25;/h1-10,13,26H,11-12,14-15H2;1H. The molecule has 28 heavy (non-hydrogen) atoms. The number of benzene rings is 3. The largest absolute Gasteiger partial charge is 0.488 e. The molecule has 3 aromatic carbocycles. The molecule has 0 saturated carbocycles. The third kappa shape index (κ3) is 6.39. The first-order valence-corrected chi connectivity index (χ1v) is 9.48. The first kappa shape index (κ1) is 22.5. The highest BCUT2D eigenvalue weighted by Gasteiger charge is 2.06. The fourth-order valence-corrected chi connectivity index (χ4v) is 3.24. The zero-order valence-corrected chi connectivity index (χ0v) is 17.5. The molecule has 0 atom stereocenters. The molecule has 0 spiro atoms. The van der Waals surface area contributed by atoms with E-state index in [1.54, 1.807) is 24.3 Å². The molecule has 1 N–H and O–H groups in total. The van der Waals surface area contributed by atoms with Crippen LogP contribution in [0.15, 0.2) is 66.7 Å². The second-order valence-electron chi connectivity index (χ2n) is 6.15. The van der Waals surface area contributed by atoms with Gasteiger partial charge in [-0.15, -0.1) is 12.4 Å². The first-order valence-electron chi connectivity index (χ1n) is 8.72. The van der Waals surface area contributed by atoms with E-state index in [0.29, 0.717) is 22.2 Å². The third-order valence-electron chi connectivity index (χ3n) is 4.22. The molecule has 0 heterocycles. The Morgan fingerprint density at radius 1 is 0.857 bits per heavy atom. The van der Waals surface area contributed by atoms with E-state index in [1.807, 2.05) is 36.4 Å². The highest BCUT2D eigenvalue weighted by Crippen LogP contribution is 2.22. The predicted octanol–water partition coefficient (Wildman–Crippen LogP) is 6.47. The van der Waals surface area contributed by atoms with Gasteiger partial charge in [0.15, 0.2) is 0 Å². The summed E-state index contributed by atoms with van der Waals surface area (Å²) >= 11 is 12.1. The number of rotatable bonds is 8. The maximum absolute atomic E-state index is 13.7. The van der Waals surface area contributed by atoms with Crippen LogP contribution in [0.4, 0.5) is 4.39 Å². The van der Waals surface area contributed by atoms with Crippen molar-refractivity contribution in [1.82, 2.24) is 5.32 Å². The lowest BCUT2D eigenvalue weighted by Crippen LogP contribution is -2.17. The van der Waals surface area contributed by atoms with Crippen molar-refractivity contribution in [3.05, 3.63) is 99.3 Å². The van der Waals surface area contributed by atoms with E-state index < -0.39 is 0 Å². The molecule has 2 nitrogen and oxygen atoms in total. The molecule has 6 heteroatoms. The number of hydrogen-bond acceptors (Lipinski definition) is 2. The van der Waals surface area contributed by atoms with Gasteiger partial charge in [-0.05, 0) is 42.8 Å². The Morgan fingerprint density at radius 2 is 1.57 bits per heavy atom. The van der Waals surface area contributed by atoms with Gasteiger partial charge in [-0.1, -0.05) is 65.7 Å². The van der Waals surface area contributed by atoms with Crippen LogP contribution in [0.25, 0.3) is 0 Å². The molecule has 0 aliphatic rings. The molecule has 0 aromatic heterocycles. The molecule has 0 fully saturated rings. The number of hydrogen-bond donors (Lipinski definition) is 1. The van der Waals surface area contributed by atoms with Gasteiger partial charge in [-0.2, -0.15) is 0 Å². The summed E-state index contributed by atoms with van der Waals surface area (Å²) in [5, 5.41) is 4.71. The van der Waals surface area contributed by atoms with Crippen LogP contribution in [-0.4, -0.2) is 6.54 Å². The summed E-state index contributed by atoms with van der Waals surface area (Å²) < 4.78 is 19.6. The zero-order valence-electron chi connectivity index (χ0n) is 15.1. The van der Waals surface area contributed by atoms with Crippen LogP contribution >= 0.6 is 35.6 Å². The average Bonchev–Trinajstić information content (AvgIpc) is 2.67. The van der Waals surface area contributed by atoms with Crippen LogP contribution in [0.5, 0.6) is 5.75 Å². The number of halogens is 4. The molecule has 0 radical (unpaired) electrons. The van der Waals surface area contributed by atoms with Crippen molar-refractivity contribution in [3.8, 4) is 5.75 Å². The van der Waals surface area contributed by atoms with E-state index in [4.69, 9.17) is 27.9 Å². The van der Waals surface area contributed by atoms with E-state index in [9.17, 15) is 4.39 Å². The molecule has 0 aliphatic carbocycles. The van der Waals surface area contributed by atoms with Crippen molar-refractivity contribution >= 4 is 35.6 Å². The van der Waals surface area contributed by atoms with Crippen LogP contribution in [0.1, 0.15) is 16.7 Å². The monoisotopic (exact) mass is 439 g/mol. The number of nitrogens with one attached hydrogen (secondary N) is 1. The molecule has 148 valence electrons. The van der Waals surface area contributed by atoms with Gasteiger partial charge in [-0.25, -0.2) is 4.39 Å². The summed E-state index contributed by atoms with van der Waals surface area (Å²) in [7, 11) is 0. The summed E-state index contributed by atoms with van der Waals surface area (Å²) in [5.41, 5.74) is 2.62. The van der Waals surface area contributed by atoms with Crippen LogP contribution < -0.4 is 10.1 Å². The number of ether oxygens (including phenoxy) is 1. The Morgan fingerprint density at radius 3 is 2.32 bits per heavy atom. The Balaban J connectivity index is 0.00000280. The van der Waals surface area contributed by atoms with E-state index in [0.717, 1.165) is 29.8 Å². The van der Waals surface area contributed by atoms with Crippen molar-refractivity contribution in [3.63, 3.8) is 0 Å². The Kier molecular flexibility index (Phi) is 9.07. The fraction of sp³-hybridized carbons (Fsp3) is 0.182.